The third kappa shape index (κ3) is 4.67. The Labute approximate surface area is 159 Å². The first-order chi connectivity index (χ1) is 13.1. The van der Waals surface area contributed by atoms with Crippen LogP contribution in [0.1, 0.15) is 43.5 Å². The van der Waals surface area contributed by atoms with Crippen molar-refractivity contribution in [3.63, 3.8) is 0 Å². The average molecular weight is 368 g/mol. The number of benzene rings is 1. The number of hydrogen-bond acceptors (Lipinski definition) is 4. The summed E-state index contributed by atoms with van der Waals surface area (Å²) in [4.78, 5) is 8.87. The summed E-state index contributed by atoms with van der Waals surface area (Å²) in [6.07, 6.45) is 0.974. The lowest BCUT2D eigenvalue weighted by Gasteiger charge is -2.11. The van der Waals surface area contributed by atoms with E-state index in [9.17, 15) is 0 Å². The van der Waals surface area contributed by atoms with Crippen LogP contribution < -0.4 is 10.6 Å². The molecular weight excluding hydrogens is 340 g/mol. The number of rotatable bonds is 7. The number of aryl methyl sites for hydroxylation is 2. The molecule has 0 aliphatic heterocycles. The Balaban J connectivity index is 1.46. The minimum atomic E-state index is 0.364. The summed E-state index contributed by atoms with van der Waals surface area (Å²) in [6, 6.07) is 10.2. The Bertz CT molecular complexity index is 908. The number of guanidine groups is 1. The summed E-state index contributed by atoms with van der Waals surface area (Å²) in [6.45, 7) is 8.54. The van der Waals surface area contributed by atoms with Crippen molar-refractivity contribution in [3.05, 3.63) is 47.6 Å². The number of aliphatic imine (C=N–C) groups is 1. The van der Waals surface area contributed by atoms with E-state index in [0.29, 0.717) is 12.5 Å². The highest BCUT2D eigenvalue weighted by molar-refractivity contribution is 5.79. The van der Waals surface area contributed by atoms with Gasteiger partial charge in [-0.2, -0.15) is 0 Å². The van der Waals surface area contributed by atoms with Crippen LogP contribution in [0.3, 0.4) is 0 Å². The maximum absolute atomic E-state index is 5.34. The zero-order chi connectivity index (χ0) is 19.2. The van der Waals surface area contributed by atoms with Gasteiger partial charge in [0.25, 0.3) is 0 Å². The molecule has 144 valence electrons. The molecule has 1 aromatic carbocycles. The third-order valence-electron chi connectivity index (χ3n) is 4.52. The Morgan fingerprint density at radius 3 is 2.81 bits per heavy atom. The molecule has 0 fully saturated rings. The van der Waals surface area contributed by atoms with E-state index < -0.39 is 0 Å². The van der Waals surface area contributed by atoms with Crippen LogP contribution in [0.5, 0.6) is 0 Å². The second-order valence-electron chi connectivity index (χ2n) is 6.88. The van der Waals surface area contributed by atoms with Crippen molar-refractivity contribution in [2.24, 2.45) is 4.99 Å². The van der Waals surface area contributed by atoms with Gasteiger partial charge in [-0.3, -0.25) is 4.99 Å². The van der Waals surface area contributed by atoms with Crippen molar-refractivity contribution < 1.29 is 4.52 Å². The molecule has 7 nitrogen and oxygen atoms in total. The fourth-order valence-corrected chi connectivity index (χ4v) is 3.00. The van der Waals surface area contributed by atoms with Gasteiger partial charge in [-0.05, 0) is 31.4 Å². The summed E-state index contributed by atoms with van der Waals surface area (Å²) >= 11 is 0. The number of imidazole rings is 1. The van der Waals surface area contributed by atoms with Gasteiger partial charge in [0.05, 0.1) is 23.3 Å². The zero-order valence-electron chi connectivity index (χ0n) is 16.5. The molecule has 7 heteroatoms. The van der Waals surface area contributed by atoms with E-state index in [1.54, 1.807) is 7.05 Å². The molecular formula is C20H28N6O. The van der Waals surface area contributed by atoms with Gasteiger partial charge in [-0.25, -0.2) is 4.98 Å². The molecule has 0 saturated carbocycles. The predicted molar refractivity (Wildman–Crippen MR) is 108 cm³/mol. The van der Waals surface area contributed by atoms with Crippen LogP contribution >= 0.6 is 0 Å². The first-order valence-electron chi connectivity index (χ1n) is 9.40. The molecule has 0 amide bonds. The van der Waals surface area contributed by atoms with Crippen LogP contribution in [0.2, 0.25) is 0 Å². The van der Waals surface area contributed by atoms with Crippen molar-refractivity contribution in [1.82, 2.24) is 25.3 Å². The summed E-state index contributed by atoms with van der Waals surface area (Å²) < 4.78 is 7.60. The molecule has 0 atom stereocenters. The zero-order valence-corrected chi connectivity index (χ0v) is 16.5. The van der Waals surface area contributed by atoms with Gasteiger partial charge in [0.15, 0.2) is 11.7 Å². The van der Waals surface area contributed by atoms with E-state index in [0.717, 1.165) is 48.3 Å². The largest absolute Gasteiger partial charge is 0.359 e. The molecule has 2 aromatic heterocycles. The third-order valence-corrected chi connectivity index (χ3v) is 4.52. The quantitative estimate of drug-likeness (QED) is 0.380. The molecule has 3 rings (SSSR count). The van der Waals surface area contributed by atoms with E-state index in [1.165, 1.54) is 5.52 Å². The number of hydrogen-bond donors (Lipinski definition) is 2. The standard InChI is InChI=1S/C20H28N6O/c1-14(2)18-12-16(27-25-18)13-23-20(21-4)22-10-7-11-26-15(3)24-17-8-5-6-9-19(17)26/h5-6,8-9,12,14H,7,10-11,13H2,1-4H3,(H2,21,22,23). The maximum Gasteiger partial charge on any atom is 0.191 e. The summed E-state index contributed by atoms with van der Waals surface area (Å²) in [5, 5.41) is 10.7. The lowest BCUT2D eigenvalue weighted by Crippen LogP contribution is -2.37. The van der Waals surface area contributed by atoms with Crippen molar-refractivity contribution in [3.8, 4) is 0 Å². The number of fused-ring (bicyclic) bond motifs is 1. The molecule has 2 N–H and O–H groups in total. The SMILES string of the molecule is CN=C(NCCCn1c(C)nc2ccccc21)NCc1cc(C(C)C)no1. The van der Waals surface area contributed by atoms with Crippen LogP contribution in [0.4, 0.5) is 0 Å². The van der Waals surface area contributed by atoms with Gasteiger partial charge < -0.3 is 19.7 Å². The highest BCUT2D eigenvalue weighted by Crippen LogP contribution is 2.16. The van der Waals surface area contributed by atoms with Gasteiger partial charge in [0.1, 0.15) is 5.82 Å². The second-order valence-corrected chi connectivity index (χ2v) is 6.88. The highest BCUT2D eigenvalue weighted by atomic mass is 16.5. The van der Waals surface area contributed by atoms with Crippen molar-refractivity contribution in [2.75, 3.05) is 13.6 Å². The van der Waals surface area contributed by atoms with Gasteiger partial charge >= 0.3 is 0 Å². The molecule has 27 heavy (non-hydrogen) atoms. The normalized spacial score (nSPS) is 12.1. The van der Waals surface area contributed by atoms with E-state index in [2.05, 4.69) is 69.3 Å². The molecule has 3 aromatic rings. The first-order valence-corrected chi connectivity index (χ1v) is 9.40. The Kier molecular flexibility index (Phi) is 6.11. The van der Waals surface area contributed by atoms with Crippen molar-refractivity contribution in [1.29, 1.82) is 0 Å². The summed E-state index contributed by atoms with van der Waals surface area (Å²) in [5.74, 6) is 2.97. The van der Waals surface area contributed by atoms with Gasteiger partial charge in [-0.1, -0.05) is 31.1 Å². The van der Waals surface area contributed by atoms with Crippen molar-refractivity contribution in [2.45, 2.75) is 46.2 Å². The molecule has 0 bridgehead atoms. The minimum absolute atomic E-state index is 0.364. The second kappa shape index (κ2) is 8.70. The van der Waals surface area contributed by atoms with Gasteiger partial charge in [0, 0.05) is 26.2 Å². The molecule has 2 heterocycles. The molecule has 0 spiro atoms. The monoisotopic (exact) mass is 368 g/mol. The van der Waals surface area contributed by atoms with E-state index in [1.807, 2.05) is 12.1 Å². The van der Waals surface area contributed by atoms with E-state index in [-0.39, 0.29) is 0 Å². The smallest absolute Gasteiger partial charge is 0.191 e. The van der Waals surface area contributed by atoms with Crippen LogP contribution in [0.25, 0.3) is 11.0 Å². The van der Waals surface area contributed by atoms with E-state index >= 15 is 0 Å². The molecule has 0 aliphatic rings. The molecule has 0 unspecified atom stereocenters. The number of nitrogens with one attached hydrogen (secondary N) is 2. The fourth-order valence-electron chi connectivity index (χ4n) is 3.00. The number of nitrogens with zero attached hydrogens (tertiary/aromatic N) is 4. The van der Waals surface area contributed by atoms with Crippen LogP contribution in [0.15, 0.2) is 39.8 Å². The summed E-state index contributed by atoms with van der Waals surface area (Å²) in [5.41, 5.74) is 3.20. The average Bonchev–Trinajstić information content (AvgIpc) is 3.25. The number of para-hydroxylation sites is 2. The Morgan fingerprint density at radius 1 is 1.26 bits per heavy atom. The van der Waals surface area contributed by atoms with Crippen LogP contribution in [-0.2, 0) is 13.1 Å². The molecule has 0 aliphatic carbocycles. The summed E-state index contributed by atoms with van der Waals surface area (Å²) in [7, 11) is 1.77. The topological polar surface area (TPSA) is 80.3 Å². The van der Waals surface area contributed by atoms with Gasteiger partial charge in [0.2, 0.25) is 0 Å². The molecule has 0 saturated heterocycles. The predicted octanol–water partition coefficient (Wildman–Crippen LogP) is 3.21. The maximum atomic E-state index is 5.34. The fraction of sp³-hybridized carbons (Fsp3) is 0.450. The Hall–Kier alpha value is -2.83. The van der Waals surface area contributed by atoms with Crippen LogP contribution in [-0.4, -0.2) is 34.3 Å². The first kappa shape index (κ1) is 18.9. The van der Waals surface area contributed by atoms with E-state index in [4.69, 9.17) is 4.52 Å². The van der Waals surface area contributed by atoms with Crippen LogP contribution in [0, 0.1) is 6.92 Å². The molecule has 0 radical (unpaired) electrons. The lowest BCUT2D eigenvalue weighted by atomic mass is 10.1. The highest BCUT2D eigenvalue weighted by Gasteiger charge is 2.09. The number of aromatic nitrogens is 3. The Morgan fingerprint density at radius 2 is 2.07 bits per heavy atom. The van der Waals surface area contributed by atoms with Crippen molar-refractivity contribution >= 4 is 17.0 Å². The van der Waals surface area contributed by atoms with Gasteiger partial charge in [-0.15, -0.1) is 0 Å². The lowest BCUT2D eigenvalue weighted by molar-refractivity contribution is 0.372. The minimum Gasteiger partial charge on any atom is -0.359 e.